The summed E-state index contributed by atoms with van der Waals surface area (Å²) in [4.78, 5) is 32.5. The van der Waals surface area contributed by atoms with E-state index in [-0.39, 0.29) is 12.5 Å². The number of H-pyrrole nitrogens is 1. The number of aromatic amines is 1. The lowest BCUT2D eigenvalue weighted by Gasteiger charge is -2.22. The second kappa shape index (κ2) is 9.78. The highest BCUT2D eigenvalue weighted by Crippen LogP contribution is 2.26. The van der Waals surface area contributed by atoms with Gasteiger partial charge in [-0.3, -0.25) is 9.69 Å². The number of carbonyl (C=O) groups is 2. The number of hydrogen-bond donors (Lipinski definition) is 1. The Morgan fingerprint density at radius 3 is 2.61 bits per heavy atom. The van der Waals surface area contributed by atoms with Gasteiger partial charge in [0.2, 0.25) is 0 Å². The number of anilines is 3. The summed E-state index contributed by atoms with van der Waals surface area (Å²) in [5, 5.41) is 2.82. The highest BCUT2D eigenvalue weighted by atomic mass is 16.5. The minimum atomic E-state index is -0.533. The number of esters is 1. The molecule has 31 heavy (non-hydrogen) atoms. The first kappa shape index (κ1) is 21.1. The molecule has 0 spiro atoms. The zero-order chi connectivity index (χ0) is 21.6. The molecule has 4 rings (SSSR count). The fraction of sp³-hybridized carbons (Fsp3) is 0.435. The average Bonchev–Trinajstić information content (AvgIpc) is 3.33. The van der Waals surface area contributed by atoms with Gasteiger partial charge in [-0.15, -0.1) is 0 Å². The minimum absolute atomic E-state index is 0.344. The molecule has 2 saturated heterocycles. The zero-order valence-electron chi connectivity index (χ0n) is 17.9. The highest BCUT2D eigenvalue weighted by Gasteiger charge is 2.27. The van der Waals surface area contributed by atoms with E-state index in [2.05, 4.69) is 15.2 Å². The Bertz CT molecular complexity index is 937. The Kier molecular flexibility index (Phi) is 6.66. The molecule has 1 amide bonds. The fourth-order valence-electron chi connectivity index (χ4n) is 4.09. The van der Waals surface area contributed by atoms with Crippen molar-refractivity contribution in [2.75, 3.05) is 61.1 Å². The van der Waals surface area contributed by atoms with Crippen LogP contribution in [-0.4, -0.2) is 57.9 Å². The van der Waals surface area contributed by atoms with Crippen molar-refractivity contribution in [2.45, 2.75) is 19.8 Å². The number of carbonyl (C=O) groups excluding carboxylic acids is 2. The minimum Gasteiger partial charge on any atom is -0.452 e. The standard InChI is InChI=1S/C23H28N4O4/c1-17-15-18(6-7-20(17)26-9-2-3-10-26)25-21(28)16-31-23(29)19-5-4-8-24-22(19)27-11-13-30-14-12-27/h4-8,15H,2-3,9-14,16H2,1H3,(H,25,28)/p+1. The Hall–Kier alpha value is -3.13. The van der Waals surface area contributed by atoms with Crippen LogP contribution in [0.1, 0.15) is 28.8 Å². The van der Waals surface area contributed by atoms with Crippen LogP contribution in [0.4, 0.5) is 17.2 Å². The first-order valence-electron chi connectivity index (χ1n) is 10.8. The van der Waals surface area contributed by atoms with Crippen molar-refractivity contribution in [2.24, 2.45) is 0 Å². The number of morpholine rings is 1. The van der Waals surface area contributed by atoms with Crippen LogP contribution < -0.4 is 20.1 Å². The van der Waals surface area contributed by atoms with Crippen LogP contribution in [0.15, 0.2) is 36.5 Å². The van der Waals surface area contributed by atoms with E-state index in [1.54, 1.807) is 18.3 Å². The van der Waals surface area contributed by atoms with Crippen molar-refractivity contribution in [1.82, 2.24) is 0 Å². The third kappa shape index (κ3) is 5.14. The molecule has 0 saturated carbocycles. The van der Waals surface area contributed by atoms with Crippen molar-refractivity contribution < 1.29 is 24.0 Å². The molecule has 2 aromatic rings. The molecule has 164 valence electrons. The van der Waals surface area contributed by atoms with Crippen molar-refractivity contribution >= 4 is 29.1 Å². The van der Waals surface area contributed by atoms with E-state index in [1.807, 2.05) is 30.0 Å². The summed E-state index contributed by atoms with van der Waals surface area (Å²) in [7, 11) is 0. The number of amides is 1. The third-order valence-electron chi connectivity index (χ3n) is 5.64. The van der Waals surface area contributed by atoms with Crippen molar-refractivity contribution in [3.8, 4) is 0 Å². The molecule has 0 radical (unpaired) electrons. The molecule has 0 unspecified atom stereocenters. The maximum atomic E-state index is 12.6. The molecule has 2 aliphatic heterocycles. The SMILES string of the molecule is Cc1cc(NC(=O)COC(=O)c2ccc[nH+]c2N2CCOCC2)ccc1N1CCCC1. The summed E-state index contributed by atoms with van der Waals surface area (Å²) < 4.78 is 10.7. The lowest BCUT2D eigenvalue weighted by atomic mass is 10.1. The third-order valence-corrected chi connectivity index (χ3v) is 5.64. The number of aromatic nitrogens is 1. The Morgan fingerprint density at radius 1 is 1.10 bits per heavy atom. The van der Waals surface area contributed by atoms with Gasteiger partial charge in [0.25, 0.3) is 11.7 Å². The lowest BCUT2D eigenvalue weighted by Crippen LogP contribution is -2.40. The number of benzene rings is 1. The summed E-state index contributed by atoms with van der Waals surface area (Å²) in [6, 6.07) is 9.32. The van der Waals surface area contributed by atoms with Crippen LogP contribution in [0, 0.1) is 6.92 Å². The summed E-state index contributed by atoms with van der Waals surface area (Å²) >= 11 is 0. The van der Waals surface area contributed by atoms with Gasteiger partial charge in [-0.25, -0.2) is 9.78 Å². The molecule has 1 aromatic carbocycles. The number of aryl methyl sites for hydroxylation is 1. The second-order valence-corrected chi connectivity index (χ2v) is 7.85. The molecule has 1 aromatic heterocycles. The van der Waals surface area contributed by atoms with E-state index in [1.165, 1.54) is 18.5 Å². The summed E-state index contributed by atoms with van der Waals surface area (Å²) in [6.07, 6.45) is 4.20. The zero-order valence-corrected chi connectivity index (χ0v) is 17.9. The predicted molar refractivity (Wildman–Crippen MR) is 118 cm³/mol. The molecule has 2 N–H and O–H groups in total. The molecule has 2 aliphatic rings. The molecule has 8 nitrogen and oxygen atoms in total. The fourth-order valence-corrected chi connectivity index (χ4v) is 4.09. The number of rotatable bonds is 6. The maximum absolute atomic E-state index is 12.6. The Balaban J connectivity index is 1.34. The summed E-state index contributed by atoms with van der Waals surface area (Å²) in [5.74, 6) is -0.215. The van der Waals surface area contributed by atoms with Gasteiger partial charge in [0.1, 0.15) is 18.7 Å². The van der Waals surface area contributed by atoms with Gasteiger partial charge in [0, 0.05) is 24.5 Å². The van der Waals surface area contributed by atoms with E-state index >= 15 is 0 Å². The summed E-state index contributed by atoms with van der Waals surface area (Å²) in [6.45, 7) is 6.44. The van der Waals surface area contributed by atoms with Crippen molar-refractivity contribution in [3.63, 3.8) is 0 Å². The lowest BCUT2D eigenvalue weighted by molar-refractivity contribution is -0.364. The van der Waals surface area contributed by atoms with E-state index in [4.69, 9.17) is 9.47 Å². The van der Waals surface area contributed by atoms with Crippen molar-refractivity contribution in [1.29, 1.82) is 0 Å². The van der Waals surface area contributed by atoms with Crippen LogP contribution in [0.3, 0.4) is 0 Å². The predicted octanol–water partition coefficient (Wildman–Crippen LogP) is 2.04. The molecule has 8 heteroatoms. The smallest absolute Gasteiger partial charge is 0.347 e. The van der Waals surface area contributed by atoms with Gasteiger partial charge in [-0.2, -0.15) is 0 Å². The van der Waals surface area contributed by atoms with Gasteiger partial charge in [0.15, 0.2) is 6.61 Å². The normalized spacial score (nSPS) is 16.3. The number of hydrogen-bond acceptors (Lipinski definition) is 6. The molecule has 3 heterocycles. The number of nitrogens with zero attached hydrogens (tertiary/aromatic N) is 2. The van der Waals surface area contributed by atoms with E-state index in [0.717, 1.165) is 18.7 Å². The van der Waals surface area contributed by atoms with E-state index in [9.17, 15) is 9.59 Å². The molecule has 0 atom stereocenters. The van der Waals surface area contributed by atoms with Gasteiger partial charge in [-0.1, -0.05) is 0 Å². The second-order valence-electron chi connectivity index (χ2n) is 7.85. The number of nitrogens with one attached hydrogen (secondary N) is 2. The first-order chi connectivity index (χ1) is 15.1. The van der Waals surface area contributed by atoms with Gasteiger partial charge >= 0.3 is 5.97 Å². The molecule has 0 aliphatic carbocycles. The number of pyridine rings is 1. The van der Waals surface area contributed by atoms with Gasteiger partial charge < -0.3 is 19.7 Å². The average molecular weight is 426 g/mol. The van der Waals surface area contributed by atoms with Crippen molar-refractivity contribution in [3.05, 3.63) is 47.7 Å². The van der Waals surface area contributed by atoms with Crippen LogP contribution in [-0.2, 0) is 14.3 Å². The van der Waals surface area contributed by atoms with Crippen LogP contribution >= 0.6 is 0 Å². The monoisotopic (exact) mass is 425 g/mol. The Labute approximate surface area is 182 Å². The van der Waals surface area contributed by atoms with Gasteiger partial charge in [-0.05, 0) is 55.7 Å². The maximum Gasteiger partial charge on any atom is 0.347 e. The topological polar surface area (TPSA) is 85.2 Å². The Morgan fingerprint density at radius 2 is 1.87 bits per heavy atom. The molecular formula is C23H29N4O4+. The first-order valence-corrected chi connectivity index (χ1v) is 10.8. The van der Waals surface area contributed by atoms with E-state index < -0.39 is 5.97 Å². The largest absolute Gasteiger partial charge is 0.452 e. The molecular weight excluding hydrogens is 396 g/mol. The highest BCUT2D eigenvalue weighted by molar-refractivity contribution is 5.97. The quantitative estimate of drug-likeness (QED) is 0.713. The summed E-state index contributed by atoms with van der Waals surface area (Å²) in [5.41, 5.74) is 3.43. The van der Waals surface area contributed by atoms with E-state index in [0.29, 0.717) is 43.4 Å². The molecule has 0 bridgehead atoms. The molecule has 2 fully saturated rings. The van der Waals surface area contributed by atoms with Crippen LogP contribution in [0.2, 0.25) is 0 Å². The number of ether oxygens (including phenoxy) is 2. The van der Waals surface area contributed by atoms with Crippen LogP contribution in [0.5, 0.6) is 0 Å². The van der Waals surface area contributed by atoms with Gasteiger partial charge in [0.05, 0.1) is 19.4 Å². The van der Waals surface area contributed by atoms with Crippen LogP contribution in [0.25, 0.3) is 0 Å².